The van der Waals surface area contributed by atoms with Crippen molar-refractivity contribution in [2.75, 3.05) is 12.4 Å². The highest BCUT2D eigenvalue weighted by atomic mass is 32.2. The summed E-state index contributed by atoms with van der Waals surface area (Å²) in [4.78, 5) is 1.31. The number of thioether (sulfide) groups is 1. The molecule has 0 aromatic heterocycles. The Morgan fingerprint density at radius 2 is 2.00 bits per heavy atom. The van der Waals surface area contributed by atoms with Gasteiger partial charge in [0.25, 0.3) is 0 Å². The van der Waals surface area contributed by atoms with Crippen molar-refractivity contribution in [2.24, 2.45) is 0 Å². The number of benzene rings is 1. The number of hydrogen-bond donors (Lipinski definition) is 0. The van der Waals surface area contributed by atoms with E-state index in [1.54, 1.807) is 0 Å². The van der Waals surface area contributed by atoms with Gasteiger partial charge in [0, 0.05) is 17.3 Å². The van der Waals surface area contributed by atoms with Gasteiger partial charge in [-0.3, -0.25) is 0 Å². The van der Waals surface area contributed by atoms with Crippen LogP contribution in [0.4, 0.5) is 0 Å². The van der Waals surface area contributed by atoms with Crippen LogP contribution in [-0.4, -0.2) is 18.5 Å². The van der Waals surface area contributed by atoms with E-state index in [0.717, 1.165) is 12.4 Å². The van der Waals surface area contributed by atoms with Gasteiger partial charge in [0.05, 0.1) is 6.10 Å². The molecule has 13 heavy (non-hydrogen) atoms. The maximum atomic E-state index is 5.44. The van der Waals surface area contributed by atoms with Crippen LogP contribution in [0.1, 0.15) is 13.8 Å². The minimum atomic E-state index is 0.343. The van der Waals surface area contributed by atoms with Gasteiger partial charge < -0.3 is 4.74 Å². The Morgan fingerprint density at radius 3 is 2.62 bits per heavy atom. The van der Waals surface area contributed by atoms with E-state index in [0.29, 0.717) is 6.10 Å². The average molecular weight is 196 g/mol. The Morgan fingerprint density at radius 1 is 1.31 bits per heavy atom. The predicted molar refractivity (Wildman–Crippen MR) is 58.3 cm³/mol. The lowest BCUT2D eigenvalue weighted by molar-refractivity contribution is 0.0932. The molecule has 0 aliphatic rings. The maximum absolute atomic E-state index is 5.44. The lowest BCUT2D eigenvalue weighted by atomic mass is 10.4. The molecular weight excluding hydrogens is 180 g/mol. The Bertz CT molecular complexity index is 223. The fourth-order valence-corrected chi connectivity index (χ4v) is 1.94. The average Bonchev–Trinajstić information content (AvgIpc) is 2.17. The molecular formula is C11H16OS. The Balaban J connectivity index is 2.27. The van der Waals surface area contributed by atoms with E-state index in [-0.39, 0.29) is 0 Å². The van der Waals surface area contributed by atoms with Gasteiger partial charge in [-0.15, -0.1) is 11.8 Å². The second kappa shape index (κ2) is 6.06. The van der Waals surface area contributed by atoms with Gasteiger partial charge >= 0.3 is 0 Å². The summed E-state index contributed by atoms with van der Waals surface area (Å²) >= 11 is 1.84. The van der Waals surface area contributed by atoms with Gasteiger partial charge in [-0.05, 0) is 26.0 Å². The van der Waals surface area contributed by atoms with E-state index in [1.807, 2.05) is 24.8 Å². The number of hydrogen-bond acceptors (Lipinski definition) is 2. The molecule has 0 saturated heterocycles. The highest BCUT2D eigenvalue weighted by Gasteiger charge is 2.01. The van der Waals surface area contributed by atoms with Gasteiger partial charge in [0.2, 0.25) is 0 Å². The van der Waals surface area contributed by atoms with Gasteiger partial charge in [0.15, 0.2) is 0 Å². The van der Waals surface area contributed by atoms with Crippen molar-refractivity contribution in [3.63, 3.8) is 0 Å². The molecule has 1 nitrogen and oxygen atoms in total. The van der Waals surface area contributed by atoms with Crippen LogP contribution in [0.5, 0.6) is 0 Å². The first-order valence-corrected chi connectivity index (χ1v) is 5.61. The van der Waals surface area contributed by atoms with Crippen LogP contribution in [0.3, 0.4) is 0 Å². The molecule has 1 rings (SSSR count). The van der Waals surface area contributed by atoms with Crippen molar-refractivity contribution in [1.82, 2.24) is 0 Å². The topological polar surface area (TPSA) is 9.23 Å². The van der Waals surface area contributed by atoms with Crippen molar-refractivity contribution in [1.29, 1.82) is 0 Å². The summed E-state index contributed by atoms with van der Waals surface area (Å²) < 4.78 is 5.44. The van der Waals surface area contributed by atoms with Crippen LogP contribution in [0.25, 0.3) is 0 Å². The molecule has 0 aliphatic heterocycles. The Kier molecular flexibility index (Phi) is 4.94. The van der Waals surface area contributed by atoms with E-state index in [4.69, 9.17) is 4.74 Å². The molecule has 0 radical (unpaired) electrons. The third kappa shape index (κ3) is 4.34. The molecule has 72 valence electrons. The zero-order valence-corrected chi connectivity index (χ0v) is 9.01. The van der Waals surface area contributed by atoms with Crippen LogP contribution < -0.4 is 0 Å². The summed E-state index contributed by atoms with van der Waals surface area (Å²) in [5, 5.41) is 0. The minimum absolute atomic E-state index is 0.343. The molecule has 0 aliphatic carbocycles. The third-order valence-electron chi connectivity index (χ3n) is 1.68. The van der Waals surface area contributed by atoms with E-state index < -0.39 is 0 Å². The number of rotatable bonds is 5. The summed E-state index contributed by atoms with van der Waals surface area (Å²) in [5.74, 6) is 1.03. The Hall–Kier alpha value is -0.470. The van der Waals surface area contributed by atoms with Crippen molar-refractivity contribution >= 4 is 11.8 Å². The molecule has 1 aromatic rings. The lowest BCUT2D eigenvalue weighted by Crippen LogP contribution is -2.10. The highest BCUT2D eigenvalue weighted by Crippen LogP contribution is 2.18. The van der Waals surface area contributed by atoms with Crippen LogP contribution in [-0.2, 0) is 4.74 Å². The zero-order valence-electron chi connectivity index (χ0n) is 8.19. The molecule has 0 saturated carbocycles. The first kappa shape index (κ1) is 10.6. The molecule has 0 fully saturated rings. The summed E-state index contributed by atoms with van der Waals surface area (Å²) in [6, 6.07) is 10.4. The second-order valence-corrected chi connectivity index (χ2v) is 3.98. The smallest absolute Gasteiger partial charge is 0.0640 e. The molecule has 1 aromatic carbocycles. The molecule has 0 bridgehead atoms. The van der Waals surface area contributed by atoms with Gasteiger partial charge in [-0.25, -0.2) is 0 Å². The standard InChI is InChI=1S/C11H16OS/c1-3-12-10(2)9-13-11-7-5-4-6-8-11/h4-8,10H,3,9H2,1-2H3. The maximum Gasteiger partial charge on any atom is 0.0640 e. The second-order valence-electron chi connectivity index (χ2n) is 2.89. The summed E-state index contributed by atoms with van der Waals surface area (Å²) in [6.07, 6.45) is 0.343. The van der Waals surface area contributed by atoms with Crippen LogP contribution in [0.15, 0.2) is 35.2 Å². The van der Waals surface area contributed by atoms with Crippen molar-refractivity contribution in [2.45, 2.75) is 24.8 Å². The van der Waals surface area contributed by atoms with Crippen molar-refractivity contribution in [3.8, 4) is 0 Å². The van der Waals surface area contributed by atoms with Crippen LogP contribution in [0, 0.1) is 0 Å². The monoisotopic (exact) mass is 196 g/mol. The quantitative estimate of drug-likeness (QED) is 0.669. The third-order valence-corrected chi connectivity index (χ3v) is 2.92. The summed E-state index contributed by atoms with van der Waals surface area (Å²) in [5.41, 5.74) is 0. The fourth-order valence-electron chi connectivity index (χ4n) is 1.06. The molecule has 1 unspecified atom stereocenters. The SMILES string of the molecule is CCOC(C)CSc1ccccc1. The largest absolute Gasteiger partial charge is 0.378 e. The normalized spacial score (nSPS) is 12.8. The fraction of sp³-hybridized carbons (Fsp3) is 0.455. The van der Waals surface area contributed by atoms with Gasteiger partial charge in [-0.2, -0.15) is 0 Å². The molecule has 1 atom stereocenters. The lowest BCUT2D eigenvalue weighted by Gasteiger charge is -2.10. The first-order valence-electron chi connectivity index (χ1n) is 4.62. The van der Waals surface area contributed by atoms with E-state index >= 15 is 0 Å². The molecule has 0 spiro atoms. The first-order chi connectivity index (χ1) is 6.33. The Labute approximate surface area is 84.5 Å². The van der Waals surface area contributed by atoms with E-state index in [2.05, 4.69) is 31.2 Å². The van der Waals surface area contributed by atoms with Gasteiger partial charge in [-0.1, -0.05) is 18.2 Å². The zero-order chi connectivity index (χ0) is 9.52. The van der Waals surface area contributed by atoms with E-state index in [9.17, 15) is 0 Å². The van der Waals surface area contributed by atoms with Gasteiger partial charge in [0.1, 0.15) is 0 Å². The summed E-state index contributed by atoms with van der Waals surface area (Å²) in [7, 11) is 0. The molecule has 0 heterocycles. The predicted octanol–water partition coefficient (Wildman–Crippen LogP) is 3.20. The van der Waals surface area contributed by atoms with Crippen molar-refractivity contribution in [3.05, 3.63) is 30.3 Å². The molecule has 2 heteroatoms. The molecule has 0 amide bonds. The van der Waals surface area contributed by atoms with Crippen LogP contribution >= 0.6 is 11.8 Å². The number of ether oxygens (including phenoxy) is 1. The van der Waals surface area contributed by atoms with Crippen molar-refractivity contribution < 1.29 is 4.74 Å². The highest BCUT2D eigenvalue weighted by molar-refractivity contribution is 7.99. The van der Waals surface area contributed by atoms with Crippen LogP contribution in [0.2, 0.25) is 0 Å². The summed E-state index contributed by atoms with van der Waals surface area (Å²) in [6.45, 7) is 4.94. The minimum Gasteiger partial charge on any atom is -0.378 e. The van der Waals surface area contributed by atoms with E-state index in [1.165, 1.54) is 4.90 Å². The molecule has 0 N–H and O–H groups in total.